The molecule has 0 aliphatic carbocycles. The molecule has 118 valence electrons. The largest absolute Gasteiger partial charge is 0.422 e. The summed E-state index contributed by atoms with van der Waals surface area (Å²) in [6, 6.07) is 12.4. The third-order valence-electron chi connectivity index (χ3n) is 3.13. The number of amides is 1. The fourth-order valence-electron chi connectivity index (χ4n) is 1.87. The molecule has 0 spiro atoms. The first-order valence-corrected chi connectivity index (χ1v) is 7.76. The van der Waals surface area contributed by atoms with E-state index in [1.54, 1.807) is 30.3 Å². The molecule has 1 N–H and O–H groups in total. The number of carbonyl (C=O) groups excluding carboxylic acids is 2. The van der Waals surface area contributed by atoms with Gasteiger partial charge >= 0.3 is 5.97 Å². The van der Waals surface area contributed by atoms with Crippen LogP contribution in [0.5, 0.6) is 5.75 Å². The Morgan fingerprint density at radius 3 is 2.52 bits per heavy atom. The van der Waals surface area contributed by atoms with Gasteiger partial charge in [-0.25, -0.2) is 4.79 Å². The lowest BCUT2D eigenvalue weighted by molar-refractivity contribution is -0.116. The Balaban J connectivity index is 2.02. The first-order chi connectivity index (χ1) is 11.0. The van der Waals surface area contributed by atoms with E-state index >= 15 is 0 Å². The SMILES string of the molecule is C=CC(=O)NCc1ccc(C(=O)Oc2ccc(C)cc2Br)cc1. The van der Waals surface area contributed by atoms with Crippen LogP contribution >= 0.6 is 15.9 Å². The molecule has 0 aliphatic rings. The van der Waals surface area contributed by atoms with Crippen LogP contribution in [0.15, 0.2) is 59.6 Å². The highest BCUT2D eigenvalue weighted by molar-refractivity contribution is 9.10. The van der Waals surface area contributed by atoms with Crippen molar-refractivity contribution >= 4 is 27.8 Å². The van der Waals surface area contributed by atoms with Crippen molar-refractivity contribution in [2.24, 2.45) is 0 Å². The molecule has 0 unspecified atom stereocenters. The zero-order chi connectivity index (χ0) is 16.8. The minimum atomic E-state index is -0.434. The Morgan fingerprint density at radius 1 is 1.22 bits per heavy atom. The highest BCUT2D eigenvalue weighted by Crippen LogP contribution is 2.26. The quantitative estimate of drug-likeness (QED) is 0.492. The van der Waals surface area contributed by atoms with Crippen LogP contribution in [-0.2, 0) is 11.3 Å². The summed E-state index contributed by atoms with van der Waals surface area (Å²) in [7, 11) is 0. The lowest BCUT2D eigenvalue weighted by Gasteiger charge is -2.08. The van der Waals surface area contributed by atoms with Crippen LogP contribution < -0.4 is 10.1 Å². The van der Waals surface area contributed by atoms with E-state index in [0.717, 1.165) is 15.6 Å². The molecule has 0 radical (unpaired) electrons. The molecule has 4 nitrogen and oxygen atoms in total. The molecule has 0 bridgehead atoms. The number of benzene rings is 2. The van der Waals surface area contributed by atoms with Crippen molar-refractivity contribution in [2.45, 2.75) is 13.5 Å². The van der Waals surface area contributed by atoms with Gasteiger partial charge in [0.15, 0.2) is 0 Å². The summed E-state index contributed by atoms with van der Waals surface area (Å²) >= 11 is 3.38. The number of nitrogens with one attached hydrogen (secondary N) is 1. The fraction of sp³-hybridized carbons (Fsp3) is 0.111. The third kappa shape index (κ3) is 4.79. The Morgan fingerprint density at radius 2 is 1.91 bits per heavy atom. The zero-order valence-corrected chi connectivity index (χ0v) is 14.2. The smallest absolute Gasteiger partial charge is 0.343 e. The van der Waals surface area contributed by atoms with E-state index < -0.39 is 5.97 Å². The van der Waals surface area contributed by atoms with Crippen molar-refractivity contribution < 1.29 is 14.3 Å². The van der Waals surface area contributed by atoms with Gasteiger partial charge in [0.1, 0.15) is 5.75 Å². The summed E-state index contributed by atoms with van der Waals surface area (Å²) in [6.45, 7) is 5.72. The van der Waals surface area contributed by atoms with Crippen molar-refractivity contribution in [3.05, 3.63) is 76.3 Å². The molecule has 0 aromatic heterocycles. The molecular formula is C18H16BrNO3. The van der Waals surface area contributed by atoms with E-state index in [-0.39, 0.29) is 5.91 Å². The second kappa shape index (κ2) is 7.74. The summed E-state index contributed by atoms with van der Waals surface area (Å²) in [4.78, 5) is 23.3. The van der Waals surface area contributed by atoms with E-state index in [1.807, 2.05) is 19.1 Å². The number of halogens is 1. The molecule has 2 rings (SSSR count). The zero-order valence-electron chi connectivity index (χ0n) is 12.6. The maximum absolute atomic E-state index is 12.1. The number of carbonyl (C=O) groups is 2. The molecule has 0 heterocycles. The van der Waals surface area contributed by atoms with E-state index in [2.05, 4.69) is 27.8 Å². The number of hydrogen-bond acceptors (Lipinski definition) is 3. The van der Waals surface area contributed by atoms with Gasteiger partial charge < -0.3 is 10.1 Å². The lowest BCUT2D eigenvalue weighted by Crippen LogP contribution is -2.20. The first kappa shape index (κ1) is 17.0. The van der Waals surface area contributed by atoms with Crippen molar-refractivity contribution in [1.82, 2.24) is 5.32 Å². The second-order valence-electron chi connectivity index (χ2n) is 4.94. The summed E-state index contributed by atoms with van der Waals surface area (Å²) in [5.74, 6) is -0.197. The highest BCUT2D eigenvalue weighted by atomic mass is 79.9. The van der Waals surface area contributed by atoms with E-state index in [9.17, 15) is 9.59 Å². The molecule has 2 aromatic carbocycles. The van der Waals surface area contributed by atoms with E-state index in [0.29, 0.717) is 17.9 Å². The van der Waals surface area contributed by atoms with Crippen LogP contribution in [0.3, 0.4) is 0 Å². The van der Waals surface area contributed by atoms with Crippen LogP contribution in [0.4, 0.5) is 0 Å². The van der Waals surface area contributed by atoms with Gasteiger partial charge in [-0.05, 0) is 64.3 Å². The maximum atomic E-state index is 12.1. The van der Waals surface area contributed by atoms with Crippen molar-refractivity contribution in [3.63, 3.8) is 0 Å². The molecule has 23 heavy (non-hydrogen) atoms. The van der Waals surface area contributed by atoms with Crippen LogP contribution in [0.1, 0.15) is 21.5 Å². The van der Waals surface area contributed by atoms with Gasteiger partial charge in [0.05, 0.1) is 10.0 Å². The number of rotatable bonds is 5. The number of hydrogen-bond donors (Lipinski definition) is 1. The summed E-state index contributed by atoms with van der Waals surface area (Å²) in [6.07, 6.45) is 1.21. The summed E-state index contributed by atoms with van der Waals surface area (Å²) in [5, 5.41) is 2.67. The van der Waals surface area contributed by atoms with Gasteiger partial charge in [0.25, 0.3) is 0 Å². The second-order valence-corrected chi connectivity index (χ2v) is 5.80. The number of esters is 1. The van der Waals surface area contributed by atoms with Gasteiger partial charge in [-0.15, -0.1) is 0 Å². The van der Waals surface area contributed by atoms with Crippen LogP contribution in [0.25, 0.3) is 0 Å². The molecule has 1 amide bonds. The third-order valence-corrected chi connectivity index (χ3v) is 3.75. The minimum absolute atomic E-state index is 0.238. The predicted molar refractivity (Wildman–Crippen MR) is 92.3 cm³/mol. The van der Waals surface area contributed by atoms with Crippen molar-refractivity contribution in [1.29, 1.82) is 0 Å². The van der Waals surface area contributed by atoms with Gasteiger partial charge in [0.2, 0.25) is 5.91 Å². The standard InChI is InChI=1S/C18H16BrNO3/c1-3-17(21)20-11-13-5-7-14(8-6-13)18(22)23-16-9-4-12(2)10-15(16)19/h3-10H,1,11H2,2H3,(H,20,21). The molecule has 0 aliphatic heterocycles. The molecule has 0 atom stereocenters. The Hall–Kier alpha value is -2.40. The van der Waals surface area contributed by atoms with Gasteiger partial charge in [-0.3, -0.25) is 4.79 Å². The number of aryl methyl sites for hydroxylation is 1. The summed E-state index contributed by atoms with van der Waals surface area (Å²) < 4.78 is 6.10. The molecule has 0 saturated heterocycles. The van der Waals surface area contributed by atoms with Crippen LogP contribution in [0, 0.1) is 6.92 Å². The number of ether oxygens (including phenoxy) is 1. The van der Waals surface area contributed by atoms with E-state index in [1.165, 1.54) is 6.08 Å². The Labute approximate surface area is 143 Å². The predicted octanol–water partition coefficient (Wildman–Crippen LogP) is 3.78. The Kier molecular flexibility index (Phi) is 5.71. The highest BCUT2D eigenvalue weighted by Gasteiger charge is 2.11. The Bertz CT molecular complexity index is 738. The summed E-state index contributed by atoms with van der Waals surface area (Å²) in [5.41, 5.74) is 2.40. The van der Waals surface area contributed by atoms with Crippen molar-refractivity contribution in [3.8, 4) is 5.75 Å². The normalized spacial score (nSPS) is 10.0. The molecule has 0 saturated carbocycles. The average Bonchev–Trinajstić information content (AvgIpc) is 2.55. The lowest BCUT2D eigenvalue weighted by atomic mass is 10.1. The molecule has 5 heteroatoms. The molecular weight excluding hydrogens is 358 g/mol. The monoisotopic (exact) mass is 373 g/mol. The first-order valence-electron chi connectivity index (χ1n) is 6.97. The van der Waals surface area contributed by atoms with Crippen LogP contribution in [-0.4, -0.2) is 11.9 Å². The minimum Gasteiger partial charge on any atom is -0.422 e. The van der Waals surface area contributed by atoms with Gasteiger partial charge in [-0.1, -0.05) is 24.8 Å². The average molecular weight is 374 g/mol. The van der Waals surface area contributed by atoms with E-state index in [4.69, 9.17) is 4.74 Å². The van der Waals surface area contributed by atoms with Gasteiger partial charge in [-0.2, -0.15) is 0 Å². The fourth-order valence-corrected chi connectivity index (χ4v) is 2.44. The van der Waals surface area contributed by atoms with Gasteiger partial charge in [0, 0.05) is 6.54 Å². The van der Waals surface area contributed by atoms with Crippen LogP contribution in [0.2, 0.25) is 0 Å². The maximum Gasteiger partial charge on any atom is 0.343 e. The topological polar surface area (TPSA) is 55.4 Å². The van der Waals surface area contributed by atoms with Crippen molar-refractivity contribution in [2.75, 3.05) is 0 Å². The molecule has 0 fully saturated rings. The molecule has 2 aromatic rings.